The van der Waals surface area contributed by atoms with Crippen molar-refractivity contribution in [3.05, 3.63) is 0 Å². The number of hydrogen-bond acceptors (Lipinski definition) is 4. The molecule has 0 rings (SSSR count). The number of hydrogen-bond donors (Lipinski definition) is 2. The van der Waals surface area contributed by atoms with Gasteiger partial charge in [0.2, 0.25) is 0 Å². The summed E-state index contributed by atoms with van der Waals surface area (Å²) in [5.41, 5.74) is 0. The first-order chi connectivity index (χ1) is 6.76. The van der Waals surface area contributed by atoms with Crippen molar-refractivity contribution in [1.82, 2.24) is 5.32 Å². The van der Waals surface area contributed by atoms with Gasteiger partial charge in [-0.2, -0.15) is 11.8 Å². The van der Waals surface area contributed by atoms with E-state index in [2.05, 4.69) is 12.2 Å². The van der Waals surface area contributed by atoms with E-state index in [1.807, 2.05) is 13.2 Å². The summed E-state index contributed by atoms with van der Waals surface area (Å²) >= 11 is 1.70. The topological polar surface area (TPSA) is 41.5 Å². The molecule has 0 saturated carbocycles. The normalized spacial score (nSPS) is 15.4. The molecule has 86 valence electrons. The first-order valence-electron chi connectivity index (χ1n) is 5.21. The first kappa shape index (κ1) is 14.2. The quantitative estimate of drug-likeness (QED) is 0.572. The molecule has 0 fully saturated rings. The predicted molar refractivity (Wildman–Crippen MR) is 63.0 cm³/mol. The SMILES string of the molecule is CCOCCCNC(C)C(CO)SC. The molecule has 0 spiro atoms. The summed E-state index contributed by atoms with van der Waals surface area (Å²) in [6.07, 6.45) is 3.06. The number of rotatable bonds is 9. The van der Waals surface area contributed by atoms with Crippen LogP contribution in [0.5, 0.6) is 0 Å². The maximum Gasteiger partial charge on any atom is 0.0564 e. The van der Waals surface area contributed by atoms with E-state index < -0.39 is 0 Å². The van der Waals surface area contributed by atoms with Gasteiger partial charge in [-0.25, -0.2) is 0 Å². The summed E-state index contributed by atoms with van der Waals surface area (Å²) in [6.45, 7) is 6.92. The molecular formula is C10H23NO2S. The molecular weight excluding hydrogens is 198 g/mol. The molecule has 0 heterocycles. The summed E-state index contributed by atoms with van der Waals surface area (Å²) in [4.78, 5) is 0. The van der Waals surface area contributed by atoms with Gasteiger partial charge >= 0.3 is 0 Å². The van der Waals surface area contributed by atoms with Gasteiger partial charge in [0.15, 0.2) is 0 Å². The number of thioether (sulfide) groups is 1. The summed E-state index contributed by atoms with van der Waals surface area (Å²) in [7, 11) is 0. The van der Waals surface area contributed by atoms with E-state index in [9.17, 15) is 0 Å². The fraction of sp³-hybridized carbons (Fsp3) is 1.00. The lowest BCUT2D eigenvalue weighted by molar-refractivity contribution is 0.144. The highest BCUT2D eigenvalue weighted by molar-refractivity contribution is 7.99. The van der Waals surface area contributed by atoms with Gasteiger partial charge in [0.25, 0.3) is 0 Å². The van der Waals surface area contributed by atoms with Crippen LogP contribution in [0.1, 0.15) is 20.3 Å². The van der Waals surface area contributed by atoms with Crippen LogP contribution < -0.4 is 5.32 Å². The van der Waals surface area contributed by atoms with Crippen molar-refractivity contribution in [2.24, 2.45) is 0 Å². The highest BCUT2D eigenvalue weighted by Gasteiger charge is 2.13. The Bertz CT molecular complexity index is 121. The van der Waals surface area contributed by atoms with Crippen molar-refractivity contribution < 1.29 is 9.84 Å². The summed E-state index contributed by atoms with van der Waals surface area (Å²) in [5.74, 6) is 0. The molecule has 2 N–H and O–H groups in total. The van der Waals surface area contributed by atoms with E-state index in [4.69, 9.17) is 9.84 Å². The third-order valence-electron chi connectivity index (χ3n) is 2.18. The second-order valence-electron chi connectivity index (χ2n) is 3.25. The highest BCUT2D eigenvalue weighted by atomic mass is 32.2. The molecule has 0 aliphatic rings. The van der Waals surface area contributed by atoms with Gasteiger partial charge in [-0.1, -0.05) is 0 Å². The van der Waals surface area contributed by atoms with Gasteiger partial charge in [-0.15, -0.1) is 0 Å². The summed E-state index contributed by atoms with van der Waals surface area (Å²) in [5, 5.41) is 12.7. The van der Waals surface area contributed by atoms with Gasteiger partial charge in [0, 0.05) is 24.5 Å². The van der Waals surface area contributed by atoms with Crippen LogP contribution >= 0.6 is 11.8 Å². The lowest BCUT2D eigenvalue weighted by Crippen LogP contribution is -2.38. The molecule has 4 heteroatoms. The van der Waals surface area contributed by atoms with E-state index >= 15 is 0 Å². The fourth-order valence-corrected chi connectivity index (χ4v) is 1.87. The molecule has 0 saturated heterocycles. The predicted octanol–water partition coefficient (Wildman–Crippen LogP) is 1.11. The first-order valence-corrected chi connectivity index (χ1v) is 6.49. The maximum atomic E-state index is 9.05. The number of aliphatic hydroxyl groups is 1. The van der Waals surface area contributed by atoms with E-state index in [1.165, 1.54) is 0 Å². The van der Waals surface area contributed by atoms with Crippen LogP contribution in [-0.2, 0) is 4.74 Å². The Morgan fingerprint density at radius 3 is 2.71 bits per heavy atom. The average Bonchev–Trinajstić information content (AvgIpc) is 2.19. The van der Waals surface area contributed by atoms with Crippen molar-refractivity contribution in [3.8, 4) is 0 Å². The number of aliphatic hydroxyl groups excluding tert-OH is 1. The minimum atomic E-state index is 0.237. The molecule has 2 unspecified atom stereocenters. The molecule has 0 radical (unpaired) electrons. The van der Waals surface area contributed by atoms with Gasteiger partial charge in [-0.05, 0) is 33.1 Å². The van der Waals surface area contributed by atoms with E-state index in [0.717, 1.165) is 26.2 Å². The Morgan fingerprint density at radius 2 is 2.21 bits per heavy atom. The third-order valence-corrected chi connectivity index (χ3v) is 3.34. The fourth-order valence-electron chi connectivity index (χ4n) is 1.22. The van der Waals surface area contributed by atoms with Gasteiger partial charge in [0.05, 0.1) is 6.61 Å². The summed E-state index contributed by atoms with van der Waals surface area (Å²) in [6, 6.07) is 0.358. The Kier molecular flexibility index (Phi) is 9.93. The molecule has 0 amide bonds. The van der Waals surface area contributed by atoms with Gasteiger partial charge in [0.1, 0.15) is 0 Å². The van der Waals surface area contributed by atoms with Crippen LogP contribution in [0.25, 0.3) is 0 Å². The Labute approximate surface area is 91.6 Å². The average molecular weight is 221 g/mol. The van der Waals surface area contributed by atoms with Crippen molar-refractivity contribution in [2.45, 2.75) is 31.6 Å². The monoisotopic (exact) mass is 221 g/mol. The van der Waals surface area contributed by atoms with Crippen LogP contribution in [0.15, 0.2) is 0 Å². The number of ether oxygens (including phenoxy) is 1. The molecule has 0 aromatic rings. The van der Waals surface area contributed by atoms with E-state index in [-0.39, 0.29) is 6.61 Å². The molecule has 0 bridgehead atoms. The third kappa shape index (κ3) is 6.65. The Hall–Kier alpha value is 0.230. The van der Waals surface area contributed by atoms with Crippen LogP contribution in [0.4, 0.5) is 0 Å². The van der Waals surface area contributed by atoms with Crippen molar-refractivity contribution in [3.63, 3.8) is 0 Å². The van der Waals surface area contributed by atoms with E-state index in [0.29, 0.717) is 11.3 Å². The molecule has 0 aromatic heterocycles. The highest BCUT2D eigenvalue weighted by Crippen LogP contribution is 2.09. The van der Waals surface area contributed by atoms with Crippen LogP contribution in [-0.4, -0.2) is 49.0 Å². The van der Waals surface area contributed by atoms with Crippen molar-refractivity contribution in [2.75, 3.05) is 32.6 Å². The zero-order valence-corrected chi connectivity index (χ0v) is 10.3. The lowest BCUT2D eigenvalue weighted by Gasteiger charge is -2.21. The molecule has 0 aliphatic carbocycles. The molecule has 14 heavy (non-hydrogen) atoms. The maximum absolute atomic E-state index is 9.05. The van der Waals surface area contributed by atoms with Crippen molar-refractivity contribution >= 4 is 11.8 Å². The minimum Gasteiger partial charge on any atom is -0.395 e. The lowest BCUT2D eigenvalue weighted by atomic mass is 10.2. The Morgan fingerprint density at radius 1 is 1.50 bits per heavy atom. The van der Waals surface area contributed by atoms with Crippen molar-refractivity contribution in [1.29, 1.82) is 0 Å². The zero-order valence-electron chi connectivity index (χ0n) is 9.45. The second-order valence-corrected chi connectivity index (χ2v) is 4.33. The second kappa shape index (κ2) is 9.77. The molecule has 3 nitrogen and oxygen atoms in total. The van der Waals surface area contributed by atoms with Crippen LogP contribution in [0.3, 0.4) is 0 Å². The molecule has 0 aromatic carbocycles. The van der Waals surface area contributed by atoms with Crippen LogP contribution in [0, 0.1) is 0 Å². The molecule has 2 atom stereocenters. The van der Waals surface area contributed by atoms with Gasteiger partial charge < -0.3 is 15.2 Å². The Balaban J connectivity index is 3.37. The van der Waals surface area contributed by atoms with Gasteiger partial charge in [-0.3, -0.25) is 0 Å². The standard InChI is InChI=1S/C10H23NO2S/c1-4-13-7-5-6-11-9(2)10(8-12)14-3/h9-12H,4-8H2,1-3H3. The molecule has 0 aliphatic heterocycles. The smallest absolute Gasteiger partial charge is 0.0564 e. The zero-order chi connectivity index (χ0) is 10.8. The minimum absolute atomic E-state index is 0.237. The van der Waals surface area contributed by atoms with Crippen LogP contribution in [0.2, 0.25) is 0 Å². The number of nitrogens with one attached hydrogen (secondary N) is 1. The largest absolute Gasteiger partial charge is 0.395 e. The summed E-state index contributed by atoms with van der Waals surface area (Å²) < 4.78 is 5.23. The van der Waals surface area contributed by atoms with E-state index in [1.54, 1.807) is 11.8 Å².